The number of carboxylic acid groups (broad SMARTS) is 1. The molecule has 0 atom stereocenters. The summed E-state index contributed by atoms with van der Waals surface area (Å²) < 4.78 is 0. The Hall–Kier alpha value is -2.35. The molecule has 1 aromatic rings. The highest BCUT2D eigenvalue weighted by atomic mass is 16.4. The van der Waals surface area contributed by atoms with Gasteiger partial charge in [0.1, 0.15) is 0 Å². The Bertz CT molecular complexity index is 517. The second-order valence-electron chi connectivity index (χ2n) is 6.31. The molecule has 0 saturated heterocycles. The van der Waals surface area contributed by atoms with Crippen molar-refractivity contribution in [2.75, 3.05) is 0 Å². The van der Waals surface area contributed by atoms with E-state index < -0.39 is 5.97 Å². The van der Waals surface area contributed by atoms with E-state index in [0.717, 1.165) is 5.57 Å². The molecule has 2 nitrogen and oxygen atoms in total. The molecule has 0 aliphatic heterocycles. The van der Waals surface area contributed by atoms with Gasteiger partial charge in [-0.25, -0.2) is 4.79 Å². The first-order valence-corrected chi connectivity index (χ1v) is 7.40. The van der Waals surface area contributed by atoms with Crippen LogP contribution in [0, 0.1) is 5.41 Å². The molecule has 0 aromatic heterocycles. The maximum Gasteiger partial charge on any atom is 0.330 e. The van der Waals surface area contributed by atoms with E-state index >= 15 is 0 Å². The van der Waals surface area contributed by atoms with Gasteiger partial charge in [-0.05, 0) is 24.3 Å². The smallest absolute Gasteiger partial charge is 0.330 e. The van der Waals surface area contributed by atoms with Crippen molar-refractivity contribution in [2.45, 2.75) is 34.1 Å². The van der Waals surface area contributed by atoms with Crippen molar-refractivity contribution >= 4 is 12.0 Å². The first-order chi connectivity index (χ1) is 10.5. The average Bonchev–Trinajstić information content (AvgIpc) is 2.47. The third-order valence-corrected chi connectivity index (χ3v) is 2.43. The summed E-state index contributed by atoms with van der Waals surface area (Å²) in [5.74, 6) is -0.894. The van der Waals surface area contributed by atoms with Gasteiger partial charge in [-0.3, -0.25) is 0 Å². The molecule has 0 heterocycles. The van der Waals surface area contributed by atoms with Gasteiger partial charge in [-0.2, -0.15) is 0 Å². The molecule has 0 spiro atoms. The van der Waals surface area contributed by atoms with Gasteiger partial charge >= 0.3 is 5.97 Å². The van der Waals surface area contributed by atoms with Crippen LogP contribution in [0.2, 0.25) is 0 Å². The largest absolute Gasteiger partial charge is 0.478 e. The van der Waals surface area contributed by atoms with Crippen molar-refractivity contribution in [3.05, 3.63) is 79.4 Å². The van der Waals surface area contributed by atoms with Crippen LogP contribution < -0.4 is 0 Å². The van der Waals surface area contributed by atoms with Gasteiger partial charge in [0.2, 0.25) is 0 Å². The van der Waals surface area contributed by atoms with Crippen LogP contribution >= 0.6 is 0 Å². The summed E-state index contributed by atoms with van der Waals surface area (Å²) in [7, 11) is 0. The first kappa shape index (κ1) is 22.9. The van der Waals surface area contributed by atoms with Crippen molar-refractivity contribution in [3.8, 4) is 0 Å². The fraction of sp³-hybridized carbons (Fsp3) is 0.286. The Kier molecular flexibility index (Phi) is 12.2. The molecule has 1 N–H and O–H groups in total. The summed E-state index contributed by atoms with van der Waals surface area (Å²) in [6.07, 6.45) is 4.10. The van der Waals surface area contributed by atoms with Crippen LogP contribution in [0.1, 0.15) is 39.7 Å². The molecule has 126 valence electrons. The highest BCUT2D eigenvalue weighted by Gasteiger charge is 2.15. The standard InChI is InChI=1S/C8H14O2.C8H8.C5H8/c1-6(7(9)10)5-8(2,3)4;1-2-8-6-4-3-5-7-8;1-4-5(2)3/h1,5H2,2-4H3,(H,9,10);2-7H,1H2;4H,1-2H2,3H3. The zero-order valence-electron chi connectivity index (χ0n) is 14.9. The summed E-state index contributed by atoms with van der Waals surface area (Å²) in [6, 6.07) is 10.0. The Labute approximate surface area is 141 Å². The lowest BCUT2D eigenvalue weighted by molar-refractivity contribution is -0.133. The number of rotatable bonds is 4. The van der Waals surface area contributed by atoms with Gasteiger partial charge in [0, 0.05) is 5.57 Å². The van der Waals surface area contributed by atoms with Gasteiger partial charge in [-0.1, -0.05) is 95.1 Å². The van der Waals surface area contributed by atoms with Crippen LogP contribution in [0.25, 0.3) is 6.08 Å². The lowest BCUT2D eigenvalue weighted by atomic mass is 9.88. The molecule has 0 amide bonds. The predicted octanol–water partition coefficient (Wildman–Crippen LogP) is 6.14. The SMILES string of the molecule is C=C(CC(C)(C)C)C(=O)O.C=CC(=C)C.C=Cc1ccccc1. The first-order valence-electron chi connectivity index (χ1n) is 7.40. The molecule has 0 radical (unpaired) electrons. The third-order valence-electron chi connectivity index (χ3n) is 2.43. The van der Waals surface area contributed by atoms with Gasteiger partial charge in [0.15, 0.2) is 0 Å². The van der Waals surface area contributed by atoms with Crippen molar-refractivity contribution in [1.82, 2.24) is 0 Å². The number of hydrogen-bond donors (Lipinski definition) is 1. The molecule has 1 aromatic carbocycles. The Morgan fingerprint density at radius 2 is 1.57 bits per heavy atom. The van der Waals surface area contributed by atoms with Crippen molar-refractivity contribution in [1.29, 1.82) is 0 Å². The number of benzene rings is 1. The molecule has 0 fully saturated rings. The van der Waals surface area contributed by atoms with E-state index in [1.165, 1.54) is 5.56 Å². The van der Waals surface area contributed by atoms with Crippen LogP contribution in [0.15, 0.2) is 73.9 Å². The fourth-order valence-corrected chi connectivity index (χ4v) is 1.30. The van der Waals surface area contributed by atoms with Gasteiger partial charge in [0.05, 0.1) is 0 Å². The summed E-state index contributed by atoms with van der Waals surface area (Å²) >= 11 is 0. The van der Waals surface area contributed by atoms with Crippen LogP contribution in [0.5, 0.6) is 0 Å². The summed E-state index contributed by atoms with van der Waals surface area (Å²) in [5.41, 5.74) is 2.50. The molecule has 1 rings (SSSR count). The number of carbonyl (C=O) groups is 1. The maximum atomic E-state index is 10.3. The Balaban J connectivity index is 0. The van der Waals surface area contributed by atoms with E-state index in [-0.39, 0.29) is 11.0 Å². The van der Waals surface area contributed by atoms with Crippen LogP contribution in [0.3, 0.4) is 0 Å². The van der Waals surface area contributed by atoms with E-state index in [9.17, 15) is 4.79 Å². The van der Waals surface area contributed by atoms with Crippen molar-refractivity contribution in [3.63, 3.8) is 0 Å². The van der Waals surface area contributed by atoms with Crippen LogP contribution in [-0.2, 0) is 4.79 Å². The van der Waals surface area contributed by atoms with E-state index in [2.05, 4.69) is 26.3 Å². The molecule has 0 aliphatic carbocycles. The van der Waals surface area contributed by atoms with Crippen LogP contribution in [0.4, 0.5) is 0 Å². The quantitative estimate of drug-likeness (QED) is 0.535. The van der Waals surface area contributed by atoms with E-state index in [1.807, 2.05) is 64.1 Å². The summed E-state index contributed by atoms with van der Waals surface area (Å²) in [4.78, 5) is 10.3. The van der Waals surface area contributed by atoms with E-state index in [1.54, 1.807) is 6.08 Å². The molecular weight excluding hydrogens is 284 g/mol. The van der Waals surface area contributed by atoms with Crippen molar-refractivity contribution < 1.29 is 9.90 Å². The zero-order chi connectivity index (χ0) is 18.5. The summed E-state index contributed by atoms with van der Waals surface area (Å²) in [6.45, 7) is 22.0. The zero-order valence-corrected chi connectivity index (χ0v) is 14.9. The van der Waals surface area contributed by atoms with Gasteiger partial charge < -0.3 is 5.11 Å². The van der Waals surface area contributed by atoms with Crippen molar-refractivity contribution in [2.24, 2.45) is 5.41 Å². The highest BCUT2D eigenvalue weighted by Crippen LogP contribution is 2.22. The average molecular weight is 314 g/mol. The molecular formula is C21H30O2. The normalized spacial score (nSPS) is 9.22. The lowest BCUT2D eigenvalue weighted by Crippen LogP contribution is -2.10. The maximum absolute atomic E-state index is 10.3. The molecule has 2 heteroatoms. The molecule has 0 aliphatic rings. The summed E-state index contributed by atoms with van der Waals surface area (Å²) in [5, 5.41) is 8.45. The lowest BCUT2D eigenvalue weighted by Gasteiger charge is -2.17. The predicted molar refractivity (Wildman–Crippen MR) is 102 cm³/mol. The monoisotopic (exact) mass is 314 g/mol. The number of allylic oxidation sites excluding steroid dienone is 2. The molecule has 23 heavy (non-hydrogen) atoms. The minimum absolute atomic E-state index is 0.0233. The Morgan fingerprint density at radius 1 is 1.13 bits per heavy atom. The fourth-order valence-electron chi connectivity index (χ4n) is 1.30. The second kappa shape index (κ2) is 12.2. The number of carboxylic acids is 1. The van der Waals surface area contributed by atoms with E-state index in [4.69, 9.17) is 5.11 Å². The minimum atomic E-state index is -0.894. The molecule has 0 saturated carbocycles. The Morgan fingerprint density at radius 3 is 1.74 bits per heavy atom. The van der Waals surface area contributed by atoms with Gasteiger partial charge in [-0.15, -0.1) is 0 Å². The molecule has 0 unspecified atom stereocenters. The van der Waals surface area contributed by atoms with Gasteiger partial charge in [0.25, 0.3) is 0 Å². The minimum Gasteiger partial charge on any atom is -0.478 e. The molecule has 0 bridgehead atoms. The number of hydrogen-bond acceptors (Lipinski definition) is 1. The highest BCUT2D eigenvalue weighted by molar-refractivity contribution is 5.85. The number of aliphatic carboxylic acids is 1. The third kappa shape index (κ3) is 17.6. The van der Waals surface area contributed by atoms with E-state index in [0.29, 0.717) is 6.42 Å². The second-order valence-corrected chi connectivity index (χ2v) is 6.31. The van der Waals surface area contributed by atoms with Crippen LogP contribution in [-0.4, -0.2) is 11.1 Å². The topological polar surface area (TPSA) is 37.3 Å².